The summed E-state index contributed by atoms with van der Waals surface area (Å²) in [6, 6.07) is 5.27. The lowest BCUT2D eigenvalue weighted by Gasteiger charge is -2.19. The van der Waals surface area contributed by atoms with Crippen molar-refractivity contribution in [2.75, 3.05) is 0 Å². The smallest absolute Gasteiger partial charge is 0.137 e. The number of rotatable bonds is 6. The maximum absolute atomic E-state index is 13.1. The van der Waals surface area contributed by atoms with Gasteiger partial charge in [-0.2, -0.15) is 0 Å². The summed E-state index contributed by atoms with van der Waals surface area (Å²) >= 11 is 3.20. The zero-order valence-electron chi connectivity index (χ0n) is 10.5. The Balaban J connectivity index is 2.55. The topological polar surface area (TPSA) is 26.0 Å². The molecule has 1 aromatic rings. The minimum atomic E-state index is -0.221. The molecule has 0 bridgehead atoms. The summed E-state index contributed by atoms with van der Waals surface area (Å²) in [5.41, 5.74) is 7.26. The van der Waals surface area contributed by atoms with Crippen LogP contribution in [0.25, 0.3) is 0 Å². The maximum Gasteiger partial charge on any atom is 0.137 e. The Morgan fingerprint density at radius 1 is 1.41 bits per heavy atom. The van der Waals surface area contributed by atoms with E-state index in [1.54, 1.807) is 0 Å². The Kier molecular flexibility index (Phi) is 6.14. The largest absolute Gasteiger partial charge is 0.327 e. The van der Waals surface area contributed by atoms with Gasteiger partial charge in [0.1, 0.15) is 5.82 Å². The fraction of sp³-hybridized carbons (Fsp3) is 0.571. The van der Waals surface area contributed by atoms with Crippen molar-refractivity contribution in [1.29, 1.82) is 0 Å². The van der Waals surface area contributed by atoms with Crippen LogP contribution in [0.3, 0.4) is 0 Å². The van der Waals surface area contributed by atoms with Crippen molar-refractivity contribution >= 4 is 15.9 Å². The van der Waals surface area contributed by atoms with Gasteiger partial charge in [-0.3, -0.25) is 0 Å². The Hall–Kier alpha value is -0.410. The second-order valence-electron chi connectivity index (χ2n) is 4.74. The molecule has 1 rings (SSSR count). The zero-order chi connectivity index (χ0) is 12.8. The highest BCUT2D eigenvalue weighted by Gasteiger charge is 2.13. The molecule has 0 aliphatic heterocycles. The van der Waals surface area contributed by atoms with Gasteiger partial charge in [-0.05, 0) is 52.4 Å². The molecule has 96 valence electrons. The predicted molar refractivity (Wildman–Crippen MR) is 74.5 cm³/mol. The highest BCUT2D eigenvalue weighted by atomic mass is 79.9. The van der Waals surface area contributed by atoms with E-state index in [0.29, 0.717) is 10.4 Å². The van der Waals surface area contributed by atoms with Crippen LogP contribution in [0.2, 0.25) is 0 Å². The number of benzene rings is 1. The van der Waals surface area contributed by atoms with E-state index in [2.05, 4.69) is 29.8 Å². The van der Waals surface area contributed by atoms with Gasteiger partial charge in [0, 0.05) is 6.04 Å². The van der Waals surface area contributed by atoms with Crippen molar-refractivity contribution < 1.29 is 4.39 Å². The highest BCUT2D eigenvalue weighted by Crippen LogP contribution is 2.20. The first-order chi connectivity index (χ1) is 8.04. The molecule has 2 N–H and O–H groups in total. The number of nitrogens with two attached hydrogens (primary N) is 1. The van der Waals surface area contributed by atoms with E-state index < -0.39 is 0 Å². The van der Waals surface area contributed by atoms with Gasteiger partial charge in [0.15, 0.2) is 0 Å². The summed E-state index contributed by atoms with van der Waals surface area (Å²) in [5.74, 6) is 0.292. The Bertz CT molecular complexity index is 354. The molecule has 17 heavy (non-hydrogen) atoms. The van der Waals surface area contributed by atoms with Crippen LogP contribution in [0.4, 0.5) is 4.39 Å². The molecule has 0 fully saturated rings. The van der Waals surface area contributed by atoms with Crippen molar-refractivity contribution in [3.63, 3.8) is 0 Å². The van der Waals surface area contributed by atoms with Crippen molar-refractivity contribution in [1.82, 2.24) is 0 Å². The molecule has 0 saturated carbocycles. The van der Waals surface area contributed by atoms with Gasteiger partial charge >= 0.3 is 0 Å². The monoisotopic (exact) mass is 301 g/mol. The third kappa shape index (κ3) is 4.76. The van der Waals surface area contributed by atoms with Crippen molar-refractivity contribution in [2.24, 2.45) is 11.7 Å². The molecule has 2 unspecified atom stereocenters. The lowest BCUT2D eigenvalue weighted by atomic mass is 9.92. The highest BCUT2D eigenvalue weighted by molar-refractivity contribution is 9.10. The Morgan fingerprint density at radius 3 is 2.71 bits per heavy atom. The van der Waals surface area contributed by atoms with Crippen LogP contribution in [0, 0.1) is 11.7 Å². The van der Waals surface area contributed by atoms with Gasteiger partial charge in [-0.15, -0.1) is 0 Å². The van der Waals surface area contributed by atoms with E-state index in [0.717, 1.165) is 12.0 Å². The van der Waals surface area contributed by atoms with Gasteiger partial charge in [-0.25, -0.2) is 4.39 Å². The molecule has 0 aliphatic rings. The number of hydrogen-bond acceptors (Lipinski definition) is 1. The molecule has 0 amide bonds. The van der Waals surface area contributed by atoms with E-state index in [-0.39, 0.29) is 11.9 Å². The summed E-state index contributed by atoms with van der Waals surface area (Å²) in [7, 11) is 0. The second-order valence-corrected chi connectivity index (χ2v) is 5.59. The molecule has 0 aromatic heterocycles. The predicted octanol–water partition coefficient (Wildman–Crippen LogP) is 4.28. The van der Waals surface area contributed by atoms with Crippen LogP contribution in [0.5, 0.6) is 0 Å². The minimum Gasteiger partial charge on any atom is -0.327 e. The van der Waals surface area contributed by atoms with Crippen LogP contribution in [0.15, 0.2) is 22.7 Å². The lowest BCUT2D eigenvalue weighted by Crippen LogP contribution is -2.30. The van der Waals surface area contributed by atoms with E-state index in [1.807, 2.05) is 12.1 Å². The number of unbranched alkanes of at least 4 members (excludes halogenated alkanes) is 1. The zero-order valence-corrected chi connectivity index (χ0v) is 12.1. The van der Waals surface area contributed by atoms with Gasteiger partial charge in [0.25, 0.3) is 0 Å². The molecular formula is C14H21BrFN. The molecule has 0 spiro atoms. The molecule has 3 heteroatoms. The van der Waals surface area contributed by atoms with Crippen LogP contribution in [0.1, 0.15) is 38.7 Å². The molecule has 0 heterocycles. The first-order valence-electron chi connectivity index (χ1n) is 6.24. The van der Waals surface area contributed by atoms with E-state index in [4.69, 9.17) is 5.73 Å². The van der Waals surface area contributed by atoms with Gasteiger partial charge < -0.3 is 5.73 Å². The normalized spacial score (nSPS) is 14.6. The molecule has 0 saturated heterocycles. The Labute approximate surface area is 112 Å². The standard InChI is InChI=1S/C14H21BrFN/c1-3-4-5-10(2)14(17)9-11-6-7-13(16)12(15)8-11/h6-8,10,14H,3-5,9,17H2,1-2H3. The average molecular weight is 302 g/mol. The van der Waals surface area contributed by atoms with Gasteiger partial charge in [0.05, 0.1) is 4.47 Å². The number of hydrogen-bond donors (Lipinski definition) is 1. The second kappa shape index (κ2) is 7.12. The van der Waals surface area contributed by atoms with E-state index >= 15 is 0 Å². The molecule has 1 aromatic carbocycles. The summed E-state index contributed by atoms with van der Waals surface area (Å²) < 4.78 is 13.6. The van der Waals surface area contributed by atoms with Crippen LogP contribution >= 0.6 is 15.9 Å². The van der Waals surface area contributed by atoms with Crippen LogP contribution in [-0.2, 0) is 6.42 Å². The molecule has 1 nitrogen and oxygen atoms in total. The van der Waals surface area contributed by atoms with Crippen molar-refractivity contribution in [3.8, 4) is 0 Å². The van der Waals surface area contributed by atoms with Gasteiger partial charge in [0.2, 0.25) is 0 Å². The van der Waals surface area contributed by atoms with Gasteiger partial charge in [-0.1, -0.05) is 32.8 Å². The lowest BCUT2D eigenvalue weighted by molar-refractivity contribution is 0.410. The first kappa shape index (κ1) is 14.7. The van der Waals surface area contributed by atoms with Crippen LogP contribution in [-0.4, -0.2) is 6.04 Å². The van der Waals surface area contributed by atoms with Crippen molar-refractivity contribution in [3.05, 3.63) is 34.1 Å². The first-order valence-corrected chi connectivity index (χ1v) is 7.03. The minimum absolute atomic E-state index is 0.152. The average Bonchev–Trinajstić information content (AvgIpc) is 2.30. The summed E-state index contributed by atoms with van der Waals surface area (Å²) in [4.78, 5) is 0. The third-order valence-corrected chi connectivity index (χ3v) is 3.81. The molecule has 0 aliphatic carbocycles. The number of halogens is 2. The van der Waals surface area contributed by atoms with E-state index in [1.165, 1.54) is 25.3 Å². The molecule has 0 radical (unpaired) electrons. The summed E-state index contributed by atoms with van der Waals surface area (Å²) in [5, 5.41) is 0. The Morgan fingerprint density at radius 2 is 2.12 bits per heavy atom. The molecular weight excluding hydrogens is 281 g/mol. The fourth-order valence-corrected chi connectivity index (χ4v) is 2.31. The quantitative estimate of drug-likeness (QED) is 0.833. The summed E-state index contributed by atoms with van der Waals surface area (Å²) in [6.45, 7) is 4.38. The van der Waals surface area contributed by atoms with E-state index in [9.17, 15) is 4.39 Å². The van der Waals surface area contributed by atoms with Crippen LogP contribution < -0.4 is 5.73 Å². The maximum atomic E-state index is 13.1. The third-order valence-electron chi connectivity index (χ3n) is 3.20. The fourth-order valence-electron chi connectivity index (χ4n) is 1.88. The SMILES string of the molecule is CCCCC(C)C(N)Cc1ccc(F)c(Br)c1. The summed E-state index contributed by atoms with van der Waals surface area (Å²) in [6.07, 6.45) is 4.41. The molecule has 2 atom stereocenters. The van der Waals surface area contributed by atoms with Crippen molar-refractivity contribution in [2.45, 2.75) is 45.6 Å².